The van der Waals surface area contributed by atoms with Crippen molar-refractivity contribution in [3.8, 4) is 5.75 Å². The first-order valence-electron chi connectivity index (χ1n) is 14.1. The number of carbonyl (C=O) groups excluding carboxylic acids is 2. The monoisotopic (exact) mass is 658 g/mol. The van der Waals surface area contributed by atoms with Gasteiger partial charge >= 0.3 is 0 Å². The highest BCUT2D eigenvalue weighted by Gasteiger charge is 2.66. The Bertz CT molecular complexity index is 1290. The van der Waals surface area contributed by atoms with E-state index >= 15 is 0 Å². The van der Waals surface area contributed by atoms with Crippen molar-refractivity contribution in [3.05, 3.63) is 69.8 Å². The highest BCUT2D eigenvalue weighted by molar-refractivity contribution is 14.1. The number of aliphatic hydroxyl groups excluding tert-OH is 1. The van der Waals surface area contributed by atoms with Crippen LogP contribution in [0.4, 0.5) is 5.69 Å². The third-order valence-corrected chi connectivity index (χ3v) is 10.1. The molecule has 1 N–H and O–H groups in total. The molecule has 2 saturated heterocycles. The second-order valence-corrected chi connectivity index (χ2v) is 13.0. The molecule has 0 saturated carbocycles. The van der Waals surface area contributed by atoms with Gasteiger partial charge in [-0.05, 0) is 76.7 Å². The molecule has 7 nitrogen and oxygen atoms in total. The summed E-state index contributed by atoms with van der Waals surface area (Å²) in [5.74, 6) is 0.263. The summed E-state index contributed by atoms with van der Waals surface area (Å²) in [7, 11) is 1.65. The molecule has 5 rings (SSSR count). The van der Waals surface area contributed by atoms with E-state index in [9.17, 15) is 14.7 Å². The van der Waals surface area contributed by atoms with E-state index in [0.717, 1.165) is 39.0 Å². The van der Waals surface area contributed by atoms with E-state index in [1.807, 2.05) is 24.3 Å². The Morgan fingerprint density at radius 3 is 2.65 bits per heavy atom. The maximum atomic E-state index is 14.4. The SMILES string of the molecule is C=CCN1C(=O)[C@@]2(O[C@@H](CC(=O)N3CCC[C@H]3CO)[C@H](C(C)(C)c3ccc(OC)cc3)[C@H]2C)c2cc(I)ccc21. The summed E-state index contributed by atoms with van der Waals surface area (Å²) < 4.78 is 13.4. The lowest BCUT2D eigenvalue weighted by atomic mass is 9.63. The molecule has 3 aliphatic heterocycles. The summed E-state index contributed by atoms with van der Waals surface area (Å²) in [6.07, 6.45) is 3.07. The number of benzene rings is 2. The normalized spacial score (nSPS) is 27.9. The fraction of sp³-hybridized carbons (Fsp3) is 0.500. The standard InChI is InChI=1S/C32H39IN2O5/c1-6-15-35-26-14-11-22(33)17-25(26)32(30(35)38)20(2)29(31(3,4)21-9-12-24(39-5)13-10-21)27(40-32)18-28(37)34-16-7-8-23(34)19-36/h6,9-14,17,20,23,27,29,36H,1,7-8,15-16,18-19H2,2-5H3/t20-,23+,27+,29-,32+/m1/s1. The van der Waals surface area contributed by atoms with Crippen LogP contribution < -0.4 is 9.64 Å². The maximum absolute atomic E-state index is 14.4. The van der Waals surface area contributed by atoms with Gasteiger partial charge in [-0.25, -0.2) is 0 Å². The number of likely N-dealkylation sites (tertiary alicyclic amines) is 1. The van der Waals surface area contributed by atoms with Crippen molar-refractivity contribution in [2.75, 3.05) is 31.7 Å². The molecule has 0 aliphatic carbocycles. The second-order valence-electron chi connectivity index (χ2n) is 11.8. The third kappa shape index (κ3) is 4.56. The van der Waals surface area contributed by atoms with Gasteiger partial charge in [0.05, 0.1) is 38.0 Å². The molecule has 0 radical (unpaired) electrons. The molecule has 2 aromatic rings. The van der Waals surface area contributed by atoms with Gasteiger partial charge in [0.1, 0.15) is 5.75 Å². The highest BCUT2D eigenvalue weighted by Crippen LogP contribution is 2.60. The summed E-state index contributed by atoms with van der Waals surface area (Å²) in [6, 6.07) is 13.9. The minimum Gasteiger partial charge on any atom is -0.497 e. The molecule has 1 spiro atoms. The first-order chi connectivity index (χ1) is 19.1. The Morgan fingerprint density at radius 2 is 2.00 bits per heavy atom. The number of fused-ring (bicyclic) bond motifs is 2. The smallest absolute Gasteiger partial charge is 0.264 e. The molecule has 3 aliphatic rings. The number of carbonyl (C=O) groups is 2. The first-order valence-corrected chi connectivity index (χ1v) is 15.1. The number of nitrogens with zero attached hydrogens (tertiary/aromatic N) is 2. The van der Waals surface area contributed by atoms with Crippen molar-refractivity contribution < 1.29 is 24.2 Å². The van der Waals surface area contributed by atoms with Crippen LogP contribution in [0.2, 0.25) is 0 Å². The quantitative estimate of drug-likeness (QED) is 0.318. The molecule has 5 atom stereocenters. The van der Waals surface area contributed by atoms with Crippen molar-refractivity contribution >= 4 is 40.1 Å². The van der Waals surface area contributed by atoms with E-state index in [1.54, 1.807) is 23.0 Å². The zero-order chi connectivity index (χ0) is 28.8. The summed E-state index contributed by atoms with van der Waals surface area (Å²) in [5.41, 5.74) is 1.15. The van der Waals surface area contributed by atoms with Gasteiger partial charge in [-0.1, -0.05) is 39.0 Å². The maximum Gasteiger partial charge on any atom is 0.264 e. The van der Waals surface area contributed by atoms with Crippen LogP contribution in [0.15, 0.2) is 55.1 Å². The van der Waals surface area contributed by atoms with Crippen LogP contribution in [0.3, 0.4) is 0 Å². The van der Waals surface area contributed by atoms with Crippen LogP contribution in [0.5, 0.6) is 5.75 Å². The molecule has 8 heteroatoms. The van der Waals surface area contributed by atoms with Crippen molar-refractivity contribution in [3.63, 3.8) is 0 Å². The lowest BCUT2D eigenvalue weighted by Gasteiger charge is -2.39. The molecule has 2 amide bonds. The number of ether oxygens (including phenoxy) is 2. The Kier molecular flexibility index (Phi) is 8.07. The summed E-state index contributed by atoms with van der Waals surface area (Å²) in [6.45, 7) is 11.3. The second kappa shape index (κ2) is 11.1. The number of amides is 2. The van der Waals surface area contributed by atoms with Crippen LogP contribution in [-0.2, 0) is 25.3 Å². The van der Waals surface area contributed by atoms with Gasteiger partial charge < -0.3 is 24.4 Å². The van der Waals surface area contributed by atoms with E-state index in [1.165, 1.54) is 0 Å². The molecule has 3 heterocycles. The fourth-order valence-electron chi connectivity index (χ4n) is 7.44. The van der Waals surface area contributed by atoms with Gasteiger partial charge in [0.15, 0.2) is 5.60 Å². The van der Waals surface area contributed by atoms with E-state index < -0.39 is 17.1 Å². The van der Waals surface area contributed by atoms with Crippen LogP contribution in [-0.4, -0.2) is 60.8 Å². The van der Waals surface area contributed by atoms with Crippen molar-refractivity contribution in [2.24, 2.45) is 11.8 Å². The number of halogens is 1. The Balaban J connectivity index is 1.61. The molecule has 0 aromatic heterocycles. The minimum atomic E-state index is -1.21. The van der Waals surface area contributed by atoms with Gasteiger partial charge in [-0.3, -0.25) is 9.59 Å². The number of hydrogen-bond donors (Lipinski definition) is 1. The zero-order valence-electron chi connectivity index (χ0n) is 23.7. The fourth-order valence-corrected chi connectivity index (χ4v) is 7.93. The number of anilines is 1. The van der Waals surface area contributed by atoms with Crippen LogP contribution in [0.25, 0.3) is 0 Å². The summed E-state index contributed by atoms with van der Waals surface area (Å²) in [4.78, 5) is 31.7. The van der Waals surface area contributed by atoms with E-state index in [4.69, 9.17) is 9.47 Å². The predicted molar refractivity (Wildman–Crippen MR) is 163 cm³/mol. The highest BCUT2D eigenvalue weighted by atomic mass is 127. The molecule has 2 aromatic carbocycles. The lowest BCUT2D eigenvalue weighted by Crippen LogP contribution is -2.46. The molecule has 0 unspecified atom stereocenters. The minimum absolute atomic E-state index is 0.0300. The lowest BCUT2D eigenvalue weighted by molar-refractivity contribution is -0.150. The van der Waals surface area contributed by atoms with Gasteiger partial charge in [0.25, 0.3) is 5.91 Å². The molecule has 214 valence electrons. The van der Waals surface area contributed by atoms with E-state index in [-0.39, 0.29) is 42.7 Å². The van der Waals surface area contributed by atoms with Crippen LogP contribution in [0.1, 0.15) is 51.2 Å². The van der Waals surface area contributed by atoms with Gasteiger partial charge in [-0.2, -0.15) is 0 Å². The summed E-state index contributed by atoms with van der Waals surface area (Å²) in [5, 5.41) is 9.88. The average molecular weight is 659 g/mol. The molecular weight excluding hydrogens is 619 g/mol. The average Bonchev–Trinajstić information content (AvgIpc) is 3.60. The Labute approximate surface area is 250 Å². The number of methoxy groups -OCH3 is 1. The number of aliphatic hydroxyl groups is 1. The van der Waals surface area contributed by atoms with Crippen molar-refractivity contribution in [1.82, 2.24) is 4.90 Å². The Hall–Kier alpha value is -2.43. The van der Waals surface area contributed by atoms with Gasteiger partial charge in [0, 0.05) is 34.1 Å². The van der Waals surface area contributed by atoms with E-state index in [2.05, 4.69) is 68.1 Å². The van der Waals surface area contributed by atoms with E-state index in [0.29, 0.717) is 13.1 Å². The van der Waals surface area contributed by atoms with Crippen molar-refractivity contribution in [1.29, 1.82) is 0 Å². The zero-order valence-corrected chi connectivity index (χ0v) is 25.9. The molecule has 0 bridgehead atoms. The third-order valence-electron chi connectivity index (χ3n) is 9.39. The molecular formula is C32H39IN2O5. The summed E-state index contributed by atoms with van der Waals surface area (Å²) >= 11 is 2.28. The molecule has 40 heavy (non-hydrogen) atoms. The Morgan fingerprint density at radius 1 is 1.27 bits per heavy atom. The van der Waals surface area contributed by atoms with Crippen LogP contribution in [0, 0.1) is 15.4 Å². The topological polar surface area (TPSA) is 79.3 Å². The number of rotatable bonds is 8. The number of hydrogen-bond acceptors (Lipinski definition) is 5. The molecule has 2 fully saturated rings. The van der Waals surface area contributed by atoms with Gasteiger partial charge in [-0.15, -0.1) is 6.58 Å². The van der Waals surface area contributed by atoms with Crippen LogP contribution >= 0.6 is 22.6 Å². The predicted octanol–water partition coefficient (Wildman–Crippen LogP) is 5.03. The van der Waals surface area contributed by atoms with Gasteiger partial charge in [0.2, 0.25) is 5.91 Å². The van der Waals surface area contributed by atoms with Crippen molar-refractivity contribution in [2.45, 2.75) is 63.2 Å². The first kappa shape index (κ1) is 29.1. The largest absolute Gasteiger partial charge is 0.497 e.